The van der Waals surface area contributed by atoms with Crippen LogP contribution in [0.5, 0.6) is 0 Å². The molecule has 19 heavy (non-hydrogen) atoms. The minimum Gasteiger partial charge on any atom is -0.321 e. The zero-order valence-electron chi connectivity index (χ0n) is 9.38. The van der Waals surface area contributed by atoms with E-state index in [4.69, 9.17) is 46.4 Å². The van der Waals surface area contributed by atoms with Gasteiger partial charge in [0.15, 0.2) is 0 Å². The fourth-order valence-electron chi connectivity index (χ4n) is 1.43. The van der Waals surface area contributed by atoms with E-state index < -0.39 is 0 Å². The predicted molar refractivity (Wildman–Crippen MR) is 80.9 cm³/mol. The molecule has 0 fully saturated rings. The number of amides is 1. The molecule has 0 aliphatic rings. The van der Waals surface area contributed by atoms with E-state index >= 15 is 0 Å². The van der Waals surface area contributed by atoms with Crippen molar-refractivity contribution >= 4 is 58.0 Å². The zero-order valence-corrected chi connectivity index (χ0v) is 12.4. The monoisotopic (exact) mass is 333 g/mol. The molecule has 0 spiro atoms. The summed E-state index contributed by atoms with van der Waals surface area (Å²) in [6, 6.07) is 9.42. The first kappa shape index (κ1) is 14.5. The van der Waals surface area contributed by atoms with Gasteiger partial charge in [-0.1, -0.05) is 46.4 Å². The normalized spacial score (nSPS) is 10.3. The Labute approximate surface area is 130 Å². The van der Waals surface area contributed by atoms with Gasteiger partial charge in [-0.15, -0.1) is 0 Å². The largest absolute Gasteiger partial charge is 0.321 e. The minimum atomic E-state index is -0.345. The average molecular weight is 335 g/mol. The van der Waals surface area contributed by atoms with Crippen LogP contribution in [0.1, 0.15) is 10.4 Å². The molecule has 1 amide bonds. The number of nitrogens with one attached hydrogen (secondary N) is 1. The van der Waals surface area contributed by atoms with Gasteiger partial charge in [0, 0.05) is 10.6 Å². The van der Waals surface area contributed by atoms with Crippen molar-refractivity contribution in [3.05, 3.63) is 62.1 Å². The topological polar surface area (TPSA) is 29.1 Å². The van der Waals surface area contributed by atoms with E-state index in [2.05, 4.69) is 5.32 Å². The number of hydrogen-bond donors (Lipinski definition) is 1. The highest BCUT2D eigenvalue weighted by atomic mass is 35.5. The molecule has 2 nitrogen and oxygen atoms in total. The maximum absolute atomic E-state index is 12.0. The second-order valence-corrected chi connectivity index (χ2v) is 5.37. The predicted octanol–water partition coefficient (Wildman–Crippen LogP) is 5.55. The maximum atomic E-state index is 12.0. The summed E-state index contributed by atoms with van der Waals surface area (Å²) in [7, 11) is 0. The highest BCUT2D eigenvalue weighted by molar-refractivity contribution is 6.42. The Morgan fingerprint density at radius 1 is 0.842 bits per heavy atom. The molecule has 6 heteroatoms. The molecule has 1 N–H and O–H groups in total. The fourth-order valence-corrected chi connectivity index (χ4v) is 2.06. The zero-order chi connectivity index (χ0) is 14.0. The Morgan fingerprint density at radius 3 is 2.21 bits per heavy atom. The lowest BCUT2D eigenvalue weighted by atomic mass is 10.2. The van der Waals surface area contributed by atoms with Crippen molar-refractivity contribution in [3.63, 3.8) is 0 Å². The summed E-state index contributed by atoms with van der Waals surface area (Å²) in [6.45, 7) is 0. The Balaban J connectivity index is 2.25. The maximum Gasteiger partial charge on any atom is 0.255 e. The van der Waals surface area contributed by atoms with Crippen LogP contribution in [0.3, 0.4) is 0 Å². The third kappa shape index (κ3) is 3.54. The number of carbonyl (C=O) groups excluding carboxylic acids is 1. The molecule has 0 unspecified atom stereocenters. The molecule has 0 atom stereocenters. The van der Waals surface area contributed by atoms with E-state index in [9.17, 15) is 4.79 Å². The summed E-state index contributed by atoms with van der Waals surface area (Å²) in [6.07, 6.45) is 0. The van der Waals surface area contributed by atoms with Crippen molar-refractivity contribution in [2.24, 2.45) is 0 Å². The van der Waals surface area contributed by atoms with Gasteiger partial charge >= 0.3 is 0 Å². The molecular weight excluding hydrogens is 328 g/mol. The lowest BCUT2D eigenvalue weighted by Gasteiger charge is -2.08. The van der Waals surface area contributed by atoms with Crippen molar-refractivity contribution in [1.82, 2.24) is 0 Å². The van der Waals surface area contributed by atoms with Gasteiger partial charge < -0.3 is 5.32 Å². The molecule has 0 heterocycles. The summed E-state index contributed by atoms with van der Waals surface area (Å²) < 4.78 is 0. The van der Waals surface area contributed by atoms with Crippen molar-refractivity contribution in [1.29, 1.82) is 0 Å². The van der Waals surface area contributed by atoms with Gasteiger partial charge in [-0.3, -0.25) is 4.79 Å². The lowest BCUT2D eigenvalue weighted by molar-refractivity contribution is 0.102. The highest BCUT2D eigenvalue weighted by Crippen LogP contribution is 2.27. The average Bonchev–Trinajstić information content (AvgIpc) is 2.37. The Kier molecular flexibility index (Phi) is 4.58. The molecule has 98 valence electrons. The molecule has 0 saturated carbocycles. The summed E-state index contributed by atoms with van der Waals surface area (Å²) in [4.78, 5) is 12.0. The van der Waals surface area contributed by atoms with E-state index in [1.54, 1.807) is 30.3 Å². The summed E-state index contributed by atoms with van der Waals surface area (Å²) >= 11 is 23.5. The van der Waals surface area contributed by atoms with Crippen LogP contribution in [0.2, 0.25) is 20.1 Å². The van der Waals surface area contributed by atoms with Gasteiger partial charge in [-0.05, 0) is 36.4 Å². The SMILES string of the molecule is O=C(Nc1cc(Cl)ccc1Cl)c1ccc(Cl)c(Cl)c1. The molecule has 2 rings (SSSR count). The van der Waals surface area contributed by atoms with Gasteiger partial charge in [-0.2, -0.15) is 0 Å². The summed E-state index contributed by atoms with van der Waals surface area (Å²) in [5.41, 5.74) is 0.815. The van der Waals surface area contributed by atoms with E-state index in [-0.39, 0.29) is 5.91 Å². The Morgan fingerprint density at radius 2 is 1.53 bits per heavy atom. The number of rotatable bonds is 2. The first-order chi connectivity index (χ1) is 8.97. The van der Waals surface area contributed by atoms with Crippen LogP contribution in [-0.4, -0.2) is 5.91 Å². The number of benzene rings is 2. The van der Waals surface area contributed by atoms with Crippen LogP contribution in [0, 0.1) is 0 Å². The van der Waals surface area contributed by atoms with Gasteiger partial charge in [0.1, 0.15) is 0 Å². The van der Waals surface area contributed by atoms with Gasteiger partial charge in [0.05, 0.1) is 20.8 Å². The van der Waals surface area contributed by atoms with Crippen molar-refractivity contribution in [2.45, 2.75) is 0 Å². The van der Waals surface area contributed by atoms with Crippen LogP contribution < -0.4 is 5.32 Å². The van der Waals surface area contributed by atoms with Gasteiger partial charge in [-0.25, -0.2) is 0 Å². The summed E-state index contributed by atoms with van der Waals surface area (Å²) in [5.74, 6) is -0.345. The third-order valence-corrected chi connectivity index (χ3v) is 3.66. The Hall–Kier alpha value is -0.930. The minimum absolute atomic E-state index is 0.312. The molecule has 0 aliphatic carbocycles. The number of carbonyl (C=O) groups is 1. The van der Waals surface area contributed by atoms with Crippen LogP contribution in [0.15, 0.2) is 36.4 Å². The third-order valence-electron chi connectivity index (χ3n) is 2.36. The fraction of sp³-hybridized carbons (Fsp3) is 0. The standard InChI is InChI=1S/C13H7Cl4NO/c14-8-2-4-10(16)12(6-8)18-13(19)7-1-3-9(15)11(17)5-7/h1-6H,(H,18,19). The first-order valence-corrected chi connectivity index (χ1v) is 6.70. The number of halogens is 4. The van der Waals surface area contributed by atoms with Crippen LogP contribution >= 0.6 is 46.4 Å². The molecule has 0 aliphatic heterocycles. The van der Waals surface area contributed by atoms with Crippen molar-refractivity contribution < 1.29 is 4.79 Å². The van der Waals surface area contributed by atoms with E-state index in [1.165, 1.54) is 6.07 Å². The summed E-state index contributed by atoms with van der Waals surface area (Å²) in [5, 5.41) is 4.24. The molecule has 0 bridgehead atoms. The smallest absolute Gasteiger partial charge is 0.255 e. The molecule has 2 aromatic rings. The molecule has 0 aromatic heterocycles. The van der Waals surface area contributed by atoms with Gasteiger partial charge in [0.25, 0.3) is 5.91 Å². The Bertz CT molecular complexity index is 643. The lowest BCUT2D eigenvalue weighted by Crippen LogP contribution is -2.12. The van der Waals surface area contributed by atoms with Gasteiger partial charge in [0.2, 0.25) is 0 Å². The van der Waals surface area contributed by atoms with Crippen molar-refractivity contribution in [3.8, 4) is 0 Å². The molecule has 2 aromatic carbocycles. The second kappa shape index (κ2) is 6.02. The molecule has 0 saturated heterocycles. The van der Waals surface area contributed by atoms with E-state index in [1.807, 2.05) is 0 Å². The second-order valence-electron chi connectivity index (χ2n) is 3.71. The molecular formula is C13H7Cl4NO. The highest BCUT2D eigenvalue weighted by Gasteiger charge is 2.10. The van der Waals surface area contributed by atoms with Crippen molar-refractivity contribution in [2.75, 3.05) is 5.32 Å². The van der Waals surface area contributed by atoms with Crippen LogP contribution in [0.4, 0.5) is 5.69 Å². The first-order valence-electron chi connectivity index (χ1n) is 5.19. The van der Waals surface area contributed by atoms with Crippen LogP contribution in [-0.2, 0) is 0 Å². The quantitative estimate of drug-likeness (QED) is 0.766. The van der Waals surface area contributed by atoms with E-state index in [0.717, 1.165) is 0 Å². The van der Waals surface area contributed by atoms with Crippen LogP contribution in [0.25, 0.3) is 0 Å². The molecule has 0 radical (unpaired) electrons. The van der Waals surface area contributed by atoms with E-state index in [0.29, 0.717) is 31.3 Å². The number of anilines is 1. The number of hydrogen-bond acceptors (Lipinski definition) is 1.